The Bertz CT molecular complexity index is 439. The maximum absolute atomic E-state index is 5.48. The first-order chi connectivity index (χ1) is 7.29. The van der Waals surface area contributed by atoms with Crippen molar-refractivity contribution in [3.63, 3.8) is 0 Å². The molecule has 78 valence electrons. The van der Waals surface area contributed by atoms with Crippen LogP contribution < -0.4 is 5.73 Å². The Kier molecular flexibility index (Phi) is 3.03. The Morgan fingerprint density at radius 2 is 2.20 bits per heavy atom. The lowest BCUT2D eigenvalue weighted by Gasteiger charge is -2.02. The average Bonchev–Trinajstić information content (AvgIpc) is 2.70. The molecule has 0 spiro atoms. The molecule has 2 heterocycles. The molecule has 0 saturated heterocycles. The molecule has 0 aliphatic heterocycles. The van der Waals surface area contributed by atoms with Crippen LogP contribution in [0.3, 0.4) is 0 Å². The summed E-state index contributed by atoms with van der Waals surface area (Å²) in [6.07, 6.45) is 0.696. The topological polar surface area (TPSA) is 64.7 Å². The van der Waals surface area contributed by atoms with E-state index in [-0.39, 0.29) is 0 Å². The molecule has 15 heavy (non-hydrogen) atoms. The van der Waals surface area contributed by atoms with Crippen LogP contribution in [-0.4, -0.2) is 21.5 Å². The average molecular weight is 220 g/mol. The van der Waals surface area contributed by atoms with Crippen LogP contribution in [0.25, 0.3) is 10.7 Å². The lowest BCUT2D eigenvalue weighted by molar-refractivity contribution is 0.828. The van der Waals surface area contributed by atoms with Crippen LogP contribution in [0, 0.1) is 6.92 Å². The minimum absolute atomic E-state index is 0.563. The lowest BCUT2D eigenvalue weighted by atomic mass is 10.4. The van der Waals surface area contributed by atoms with Crippen molar-refractivity contribution in [3.8, 4) is 10.7 Å². The molecule has 0 atom stereocenters. The summed E-state index contributed by atoms with van der Waals surface area (Å²) in [5.74, 6) is 2.27. The van der Waals surface area contributed by atoms with Gasteiger partial charge in [-0.3, -0.25) is 0 Å². The third-order valence-corrected chi connectivity index (χ3v) is 2.77. The molecule has 0 unspecified atom stereocenters. The summed E-state index contributed by atoms with van der Waals surface area (Å²) < 4.78 is 0. The fraction of sp³-hybridized carbons (Fsp3) is 0.300. The molecule has 0 amide bonds. The number of nitrogens with two attached hydrogens (primary N) is 1. The number of aromatic nitrogens is 3. The van der Waals surface area contributed by atoms with E-state index in [0.29, 0.717) is 13.0 Å². The van der Waals surface area contributed by atoms with Crippen molar-refractivity contribution in [1.29, 1.82) is 0 Å². The smallest absolute Gasteiger partial charge is 0.173 e. The Balaban J connectivity index is 2.40. The van der Waals surface area contributed by atoms with Crippen LogP contribution in [0.4, 0.5) is 0 Å². The van der Waals surface area contributed by atoms with Crippen molar-refractivity contribution >= 4 is 11.3 Å². The van der Waals surface area contributed by atoms with Crippen molar-refractivity contribution in [2.24, 2.45) is 5.73 Å². The van der Waals surface area contributed by atoms with Gasteiger partial charge in [0.25, 0.3) is 0 Å². The van der Waals surface area contributed by atoms with Crippen molar-refractivity contribution in [2.75, 3.05) is 6.54 Å². The molecule has 0 fully saturated rings. The number of nitrogens with zero attached hydrogens (tertiary/aromatic N) is 3. The van der Waals surface area contributed by atoms with Gasteiger partial charge in [-0.05, 0) is 24.9 Å². The molecule has 2 rings (SSSR count). The van der Waals surface area contributed by atoms with Gasteiger partial charge in [0.15, 0.2) is 5.82 Å². The quantitative estimate of drug-likeness (QED) is 0.849. The Hall–Kier alpha value is -1.33. The second kappa shape index (κ2) is 4.46. The first kappa shape index (κ1) is 10.2. The monoisotopic (exact) mass is 220 g/mol. The largest absolute Gasteiger partial charge is 0.330 e. The number of rotatable bonds is 3. The van der Waals surface area contributed by atoms with Crippen LogP contribution in [-0.2, 0) is 6.42 Å². The fourth-order valence-electron chi connectivity index (χ4n) is 1.29. The minimum Gasteiger partial charge on any atom is -0.330 e. The molecular formula is C10H12N4S. The molecule has 0 saturated carbocycles. The maximum atomic E-state index is 5.48. The highest BCUT2D eigenvalue weighted by atomic mass is 32.1. The van der Waals surface area contributed by atoms with Gasteiger partial charge in [-0.1, -0.05) is 6.07 Å². The third-order valence-electron chi connectivity index (χ3n) is 1.90. The van der Waals surface area contributed by atoms with Gasteiger partial charge in [0.1, 0.15) is 11.6 Å². The Labute approximate surface area is 92.2 Å². The van der Waals surface area contributed by atoms with Gasteiger partial charge >= 0.3 is 0 Å². The van der Waals surface area contributed by atoms with E-state index in [1.807, 2.05) is 24.4 Å². The molecule has 0 aliphatic carbocycles. The zero-order valence-corrected chi connectivity index (χ0v) is 9.29. The van der Waals surface area contributed by atoms with Gasteiger partial charge in [0.2, 0.25) is 0 Å². The van der Waals surface area contributed by atoms with Crippen LogP contribution in [0.15, 0.2) is 17.5 Å². The summed E-state index contributed by atoms with van der Waals surface area (Å²) >= 11 is 1.63. The van der Waals surface area contributed by atoms with Crippen LogP contribution in [0.2, 0.25) is 0 Å². The molecule has 0 bridgehead atoms. The highest BCUT2D eigenvalue weighted by Gasteiger charge is 2.06. The summed E-state index contributed by atoms with van der Waals surface area (Å²) in [5, 5.41) is 2.01. The molecule has 2 aromatic heterocycles. The highest BCUT2D eigenvalue weighted by Crippen LogP contribution is 2.20. The number of hydrogen-bond donors (Lipinski definition) is 1. The van der Waals surface area contributed by atoms with Gasteiger partial charge in [-0.25, -0.2) is 15.0 Å². The van der Waals surface area contributed by atoms with Gasteiger partial charge in [0, 0.05) is 6.42 Å². The van der Waals surface area contributed by atoms with Gasteiger partial charge in [0.05, 0.1) is 4.88 Å². The molecular weight excluding hydrogens is 208 g/mol. The lowest BCUT2D eigenvalue weighted by Crippen LogP contribution is -2.09. The van der Waals surface area contributed by atoms with E-state index in [0.717, 1.165) is 22.4 Å². The van der Waals surface area contributed by atoms with E-state index in [2.05, 4.69) is 15.0 Å². The number of aryl methyl sites for hydroxylation is 1. The van der Waals surface area contributed by atoms with Gasteiger partial charge in [-0.2, -0.15) is 0 Å². The number of hydrogen-bond acceptors (Lipinski definition) is 5. The zero-order chi connectivity index (χ0) is 10.7. The van der Waals surface area contributed by atoms with Crippen molar-refractivity contribution in [2.45, 2.75) is 13.3 Å². The second-order valence-electron chi connectivity index (χ2n) is 3.14. The van der Waals surface area contributed by atoms with E-state index in [9.17, 15) is 0 Å². The Morgan fingerprint density at radius 3 is 2.87 bits per heavy atom. The van der Waals surface area contributed by atoms with Crippen molar-refractivity contribution in [1.82, 2.24) is 15.0 Å². The standard InChI is InChI=1S/C10H12N4S/c1-7-12-9(4-5-11)14-10(13-7)8-3-2-6-15-8/h2-3,6H,4-5,11H2,1H3. The van der Waals surface area contributed by atoms with Crippen LogP contribution in [0.1, 0.15) is 11.6 Å². The number of thiophene rings is 1. The molecule has 0 aromatic carbocycles. The minimum atomic E-state index is 0.563. The summed E-state index contributed by atoms with van der Waals surface area (Å²) in [6.45, 7) is 2.44. The van der Waals surface area contributed by atoms with E-state index in [1.165, 1.54) is 0 Å². The highest BCUT2D eigenvalue weighted by molar-refractivity contribution is 7.13. The normalized spacial score (nSPS) is 10.5. The van der Waals surface area contributed by atoms with Gasteiger partial charge < -0.3 is 5.73 Å². The molecule has 2 aromatic rings. The summed E-state index contributed by atoms with van der Waals surface area (Å²) in [4.78, 5) is 14.0. The maximum Gasteiger partial charge on any atom is 0.173 e. The van der Waals surface area contributed by atoms with E-state index in [4.69, 9.17) is 5.73 Å². The molecule has 4 nitrogen and oxygen atoms in total. The molecule has 2 N–H and O–H groups in total. The van der Waals surface area contributed by atoms with Crippen LogP contribution >= 0.6 is 11.3 Å². The summed E-state index contributed by atoms with van der Waals surface area (Å²) in [6, 6.07) is 3.99. The van der Waals surface area contributed by atoms with Crippen molar-refractivity contribution < 1.29 is 0 Å². The SMILES string of the molecule is Cc1nc(CCN)nc(-c2cccs2)n1. The van der Waals surface area contributed by atoms with E-state index in [1.54, 1.807) is 11.3 Å². The second-order valence-corrected chi connectivity index (χ2v) is 4.09. The summed E-state index contributed by atoms with van der Waals surface area (Å²) in [7, 11) is 0. The Morgan fingerprint density at radius 1 is 1.33 bits per heavy atom. The van der Waals surface area contributed by atoms with E-state index < -0.39 is 0 Å². The molecule has 0 radical (unpaired) electrons. The van der Waals surface area contributed by atoms with Crippen molar-refractivity contribution in [3.05, 3.63) is 29.2 Å². The summed E-state index contributed by atoms with van der Waals surface area (Å²) in [5.41, 5.74) is 5.48. The third kappa shape index (κ3) is 2.37. The first-order valence-electron chi connectivity index (χ1n) is 4.75. The molecule has 0 aliphatic rings. The first-order valence-corrected chi connectivity index (χ1v) is 5.63. The predicted octanol–water partition coefficient (Wildman–Crippen LogP) is 1.41. The van der Waals surface area contributed by atoms with E-state index >= 15 is 0 Å². The van der Waals surface area contributed by atoms with Crippen LogP contribution in [0.5, 0.6) is 0 Å². The zero-order valence-electron chi connectivity index (χ0n) is 8.47. The fourth-order valence-corrected chi connectivity index (χ4v) is 1.95. The predicted molar refractivity (Wildman–Crippen MR) is 60.6 cm³/mol. The molecule has 5 heteroatoms. The van der Waals surface area contributed by atoms with Gasteiger partial charge in [-0.15, -0.1) is 11.3 Å².